The van der Waals surface area contributed by atoms with E-state index >= 15 is 0 Å². The molecule has 0 saturated carbocycles. The number of likely N-dealkylation sites (tertiary alicyclic amines) is 1. The first-order chi connectivity index (χ1) is 18.6. The van der Waals surface area contributed by atoms with Crippen LogP contribution in [0.5, 0.6) is 0 Å². The lowest BCUT2D eigenvalue weighted by atomic mass is 10.1. The molecule has 1 saturated heterocycles. The molecule has 0 radical (unpaired) electrons. The number of primary amides is 1. The molecule has 1 fully saturated rings. The van der Waals surface area contributed by atoms with Crippen LogP contribution in [0.4, 0.5) is 16.3 Å². The van der Waals surface area contributed by atoms with Crippen LogP contribution in [0.1, 0.15) is 43.6 Å². The zero-order valence-corrected chi connectivity index (χ0v) is 23.4. The van der Waals surface area contributed by atoms with Crippen LogP contribution in [0.2, 0.25) is 0 Å². The number of hydrogen-bond acceptors (Lipinski definition) is 6. The molecule has 4 N–H and O–H groups in total. The van der Waals surface area contributed by atoms with Crippen molar-refractivity contribution in [3.8, 4) is 0 Å². The van der Waals surface area contributed by atoms with Gasteiger partial charge >= 0.3 is 6.03 Å². The van der Waals surface area contributed by atoms with E-state index in [9.17, 15) is 19.2 Å². The Morgan fingerprint density at radius 3 is 2.49 bits per heavy atom. The van der Waals surface area contributed by atoms with Crippen LogP contribution in [0.15, 0.2) is 41.0 Å². The van der Waals surface area contributed by atoms with Crippen LogP contribution in [0.3, 0.4) is 0 Å². The number of nitrogens with zero attached hydrogens (tertiary/aromatic N) is 5. The monoisotopic (exact) mass is 598 g/mol. The zero-order chi connectivity index (χ0) is 28.1. The maximum atomic E-state index is 13.3. The molecule has 0 aliphatic carbocycles. The summed E-state index contributed by atoms with van der Waals surface area (Å²) in [5.41, 5.74) is 6.56. The van der Waals surface area contributed by atoms with Crippen LogP contribution >= 0.6 is 15.9 Å². The lowest BCUT2D eigenvalue weighted by molar-refractivity contribution is -0.137. The Morgan fingerprint density at radius 2 is 1.82 bits per heavy atom. The molecular formula is C26H31BrN8O4. The molecule has 4 rings (SSSR count). The molecule has 0 unspecified atom stereocenters. The Kier molecular flexibility index (Phi) is 8.79. The molecule has 3 heterocycles. The summed E-state index contributed by atoms with van der Waals surface area (Å²) < 4.78 is 1.96. The van der Waals surface area contributed by atoms with Gasteiger partial charge in [0.2, 0.25) is 11.8 Å². The first kappa shape index (κ1) is 28.0. The number of aromatic nitrogens is 3. The van der Waals surface area contributed by atoms with Gasteiger partial charge in [-0.25, -0.2) is 9.78 Å². The van der Waals surface area contributed by atoms with Gasteiger partial charge < -0.3 is 26.2 Å². The van der Waals surface area contributed by atoms with E-state index in [1.165, 1.54) is 9.58 Å². The average Bonchev–Trinajstić information content (AvgIpc) is 3.25. The number of urea groups is 1. The highest BCUT2D eigenvalue weighted by Crippen LogP contribution is 2.24. The second-order valence-electron chi connectivity index (χ2n) is 9.59. The predicted octanol–water partition coefficient (Wildman–Crippen LogP) is 3.19. The highest BCUT2D eigenvalue weighted by Gasteiger charge is 2.24. The molecule has 1 aromatic carbocycles. The van der Waals surface area contributed by atoms with E-state index in [1.807, 2.05) is 0 Å². The number of piperidine rings is 1. The highest BCUT2D eigenvalue weighted by molar-refractivity contribution is 9.10. The number of hydrogen-bond donors (Lipinski definition) is 3. The molecule has 1 aliphatic rings. The summed E-state index contributed by atoms with van der Waals surface area (Å²) in [6.07, 6.45) is 3.04. The molecule has 0 bridgehead atoms. The quantitative estimate of drug-likeness (QED) is 0.338. The minimum absolute atomic E-state index is 0.0126. The number of amides is 5. The molecule has 39 heavy (non-hydrogen) atoms. The van der Waals surface area contributed by atoms with Gasteiger partial charge in [0.15, 0.2) is 5.69 Å². The Bertz CT molecular complexity index is 1400. The Hall–Kier alpha value is -4.00. The fourth-order valence-corrected chi connectivity index (χ4v) is 4.80. The molecule has 206 valence electrons. The molecule has 3 aromatic rings. The molecule has 2 aromatic heterocycles. The molecule has 0 atom stereocenters. The van der Waals surface area contributed by atoms with E-state index in [0.717, 1.165) is 19.3 Å². The summed E-state index contributed by atoms with van der Waals surface area (Å²) in [6.45, 7) is 4.59. The van der Waals surface area contributed by atoms with Gasteiger partial charge in [-0.3, -0.25) is 19.1 Å². The van der Waals surface area contributed by atoms with Gasteiger partial charge in [-0.05, 0) is 79.4 Å². The van der Waals surface area contributed by atoms with Crippen molar-refractivity contribution in [3.05, 3.63) is 46.7 Å². The van der Waals surface area contributed by atoms with Crippen LogP contribution in [-0.4, -0.2) is 74.0 Å². The molecule has 12 nitrogen and oxygen atoms in total. The maximum Gasteiger partial charge on any atom is 0.321 e. The second kappa shape index (κ2) is 12.2. The molecular weight excluding hydrogens is 568 g/mol. The lowest BCUT2D eigenvalue weighted by Gasteiger charge is -2.26. The standard InChI is InChI=1S/C26H31BrN8O4/c1-16(2)34(14-22(36)31-21-8-6-7-20(27)30-21)23(37)15-35-19-10-9-17(13-18(19)24(32-35)25(28)38)29-26(39)33-11-4-3-5-12-33/h6-10,13,16H,3-5,11-12,14-15H2,1-2H3,(H2,28,38)(H,29,39)(H,30,31,36). The van der Waals surface area contributed by atoms with Gasteiger partial charge in [0, 0.05) is 30.2 Å². The summed E-state index contributed by atoms with van der Waals surface area (Å²) in [6, 6.07) is 9.63. The summed E-state index contributed by atoms with van der Waals surface area (Å²) in [5.74, 6) is -1.17. The van der Waals surface area contributed by atoms with Gasteiger partial charge in [0.05, 0.1) is 5.52 Å². The fraction of sp³-hybridized carbons (Fsp3) is 0.385. The van der Waals surface area contributed by atoms with Crippen LogP contribution in [-0.2, 0) is 16.1 Å². The van der Waals surface area contributed by atoms with Crippen molar-refractivity contribution < 1.29 is 19.2 Å². The van der Waals surface area contributed by atoms with Crippen molar-refractivity contribution in [2.75, 3.05) is 30.3 Å². The predicted molar refractivity (Wildman–Crippen MR) is 150 cm³/mol. The van der Waals surface area contributed by atoms with Crippen molar-refractivity contribution >= 4 is 62.1 Å². The van der Waals surface area contributed by atoms with Gasteiger partial charge in [-0.1, -0.05) is 6.07 Å². The van der Waals surface area contributed by atoms with Crippen molar-refractivity contribution in [1.82, 2.24) is 24.6 Å². The van der Waals surface area contributed by atoms with Crippen molar-refractivity contribution in [2.45, 2.75) is 45.7 Å². The Balaban J connectivity index is 1.51. The number of nitrogens with two attached hydrogens (primary N) is 1. The van der Waals surface area contributed by atoms with Crippen LogP contribution < -0.4 is 16.4 Å². The van der Waals surface area contributed by atoms with E-state index in [4.69, 9.17) is 5.73 Å². The SMILES string of the molecule is CC(C)N(CC(=O)Nc1cccc(Br)n1)C(=O)Cn1nc(C(N)=O)c2cc(NC(=O)N3CCCCC3)ccc21. The van der Waals surface area contributed by atoms with E-state index in [1.54, 1.807) is 55.1 Å². The second-order valence-corrected chi connectivity index (χ2v) is 10.4. The van der Waals surface area contributed by atoms with E-state index in [0.29, 0.717) is 40.1 Å². The molecule has 13 heteroatoms. The number of carbonyl (C=O) groups excluding carboxylic acids is 4. The van der Waals surface area contributed by atoms with Gasteiger partial charge in [0.1, 0.15) is 23.5 Å². The zero-order valence-electron chi connectivity index (χ0n) is 21.8. The summed E-state index contributed by atoms with van der Waals surface area (Å²) in [4.78, 5) is 58.1. The lowest BCUT2D eigenvalue weighted by Crippen LogP contribution is -2.44. The van der Waals surface area contributed by atoms with Crippen LogP contribution in [0, 0.1) is 0 Å². The molecule has 1 aliphatic heterocycles. The molecule has 0 spiro atoms. The number of benzene rings is 1. The first-order valence-electron chi connectivity index (χ1n) is 12.7. The van der Waals surface area contributed by atoms with Gasteiger partial charge in [-0.15, -0.1) is 0 Å². The first-order valence-corrected chi connectivity index (χ1v) is 13.5. The maximum absolute atomic E-state index is 13.3. The fourth-order valence-electron chi connectivity index (χ4n) is 4.45. The minimum atomic E-state index is -0.757. The smallest absolute Gasteiger partial charge is 0.321 e. The average molecular weight is 599 g/mol. The van der Waals surface area contributed by atoms with Crippen molar-refractivity contribution in [3.63, 3.8) is 0 Å². The van der Waals surface area contributed by atoms with Gasteiger partial charge in [0.25, 0.3) is 5.91 Å². The number of anilines is 2. The van der Waals surface area contributed by atoms with Gasteiger partial charge in [-0.2, -0.15) is 5.10 Å². The third-order valence-corrected chi connectivity index (χ3v) is 6.85. The number of rotatable bonds is 8. The molecule has 5 amide bonds. The van der Waals surface area contributed by atoms with E-state index in [-0.39, 0.29) is 36.8 Å². The van der Waals surface area contributed by atoms with E-state index in [2.05, 4.69) is 36.6 Å². The Morgan fingerprint density at radius 1 is 1.08 bits per heavy atom. The number of nitrogens with one attached hydrogen (secondary N) is 2. The summed E-state index contributed by atoms with van der Waals surface area (Å²) >= 11 is 3.26. The third kappa shape index (κ3) is 6.91. The van der Waals surface area contributed by atoms with E-state index < -0.39 is 11.8 Å². The minimum Gasteiger partial charge on any atom is -0.364 e. The highest BCUT2D eigenvalue weighted by atomic mass is 79.9. The largest absolute Gasteiger partial charge is 0.364 e. The summed E-state index contributed by atoms with van der Waals surface area (Å²) in [7, 11) is 0. The number of carbonyl (C=O) groups is 4. The van der Waals surface area contributed by atoms with Crippen molar-refractivity contribution in [1.29, 1.82) is 0 Å². The Labute approximate surface area is 234 Å². The normalized spacial score (nSPS) is 13.4. The number of halogens is 1. The van der Waals surface area contributed by atoms with Crippen LogP contribution in [0.25, 0.3) is 10.9 Å². The number of fused-ring (bicyclic) bond motifs is 1. The number of pyridine rings is 1. The third-order valence-electron chi connectivity index (χ3n) is 6.40. The summed E-state index contributed by atoms with van der Waals surface area (Å²) in [5, 5.41) is 10.3. The topological polar surface area (TPSA) is 156 Å². The van der Waals surface area contributed by atoms with Crippen molar-refractivity contribution in [2.24, 2.45) is 5.73 Å².